The highest BCUT2D eigenvalue weighted by Crippen LogP contribution is 2.16. The maximum atomic E-state index is 13.4. The van der Waals surface area contributed by atoms with E-state index in [1.54, 1.807) is 7.05 Å². The number of aliphatic hydroxyl groups is 1. The molecule has 112 valence electrons. The predicted octanol–water partition coefficient (Wildman–Crippen LogP) is 0.550. The number of anilines is 2. The minimum Gasteiger partial charge on any atom is -0.390 e. The van der Waals surface area contributed by atoms with E-state index in [2.05, 4.69) is 27.1 Å². The molecule has 0 saturated carbocycles. The maximum Gasteiger partial charge on any atom is 0.227 e. The zero-order valence-corrected chi connectivity index (χ0v) is 12.0. The van der Waals surface area contributed by atoms with E-state index in [4.69, 9.17) is 0 Å². The lowest BCUT2D eigenvalue weighted by Crippen LogP contribution is -2.34. The molecule has 1 aromatic heterocycles. The van der Waals surface area contributed by atoms with Crippen molar-refractivity contribution < 1.29 is 9.50 Å². The molecule has 1 aliphatic rings. The third kappa shape index (κ3) is 3.55. The number of rotatable bonds is 4. The van der Waals surface area contributed by atoms with Gasteiger partial charge in [-0.3, -0.25) is 4.90 Å². The highest BCUT2D eigenvalue weighted by molar-refractivity contribution is 5.42. The van der Waals surface area contributed by atoms with Crippen LogP contribution in [0.4, 0.5) is 16.2 Å². The second-order valence-corrected chi connectivity index (χ2v) is 5.02. The second-order valence-electron chi connectivity index (χ2n) is 5.02. The number of aromatic nitrogens is 2. The lowest BCUT2D eigenvalue weighted by Gasteiger charge is -2.22. The smallest absolute Gasteiger partial charge is 0.227 e. The molecule has 1 fully saturated rings. The van der Waals surface area contributed by atoms with Crippen molar-refractivity contribution in [1.29, 1.82) is 0 Å². The Balaban J connectivity index is 2.12. The summed E-state index contributed by atoms with van der Waals surface area (Å²) in [5, 5.41) is 12.8. The van der Waals surface area contributed by atoms with Crippen LogP contribution in [0.25, 0.3) is 0 Å². The van der Waals surface area contributed by atoms with E-state index in [1.807, 2.05) is 4.90 Å². The number of aliphatic hydroxyl groups excluding tert-OH is 1. The number of nitrogens with one attached hydrogen (secondary N) is 1. The lowest BCUT2D eigenvalue weighted by molar-refractivity contribution is 0.132. The lowest BCUT2D eigenvalue weighted by atomic mass is 10.3. The fourth-order valence-corrected chi connectivity index (χ4v) is 2.44. The highest BCUT2D eigenvalue weighted by atomic mass is 19.1. The standard InChI is InChI=1S/C13H22FN5O/c1-3-4-18-5-6-19(9-10(20)8-18)13-16-7-11(14)12(15-2)17-13/h7,10,20H,3-6,8-9H2,1-2H3,(H,15,16,17). The fourth-order valence-electron chi connectivity index (χ4n) is 2.44. The van der Waals surface area contributed by atoms with Crippen LogP contribution in [0.2, 0.25) is 0 Å². The van der Waals surface area contributed by atoms with Gasteiger partial charge in [0, 0.05) is 33.2 Å². The van der Waals surface area contributed by atoms with E-state index in [0.717, 1.165) is 32.3 Å². The summed E-state index contributed by atoms with van der Waals surface area (Å²) < 4.78 is 13.4. The van der Waals surface area contributed by atoms with Gasteiger partial charge >= 0.3 is 0 Å². The Morgan fingerprint density at radius 1 is 1.45 bits per heavy atom. The number of β-amino-alcohol motifs (C(OH)–C–C–N with tert-alkyl or cyclic N) is 1. The highest BCUT2D eigenvalue weighted by Gasteiger charge is 2.22. The average Bonchev–Trinajstić information content (AvgIpc) is 2.61. The van der Waals surface area contributed by atoms with Gasteiger partial charge in [0.05, 0.1) is 12.3 Å². The fraction of sp³-hybridized carbons (Fsp3) is 0.692. The first kappa shape index (κ1) is 14.9. The molecule has 2 heterocycles. The van der Waals surface area contributed by atoms with E-state index in [1.165, 1.54) is 0 Å². The summed E-state index contributed by atoms with van der Waals surface area (Å²) in [6.45, 7) is 5.79. The Kier molecular flexibility index (Phi) is 5.08. The Morgan fingerprint density at radius 3 is 2.95 bits per heavy atom. The molecule has 6 nitrogen and oxygen atoms in total. The topological polar surface area (TPSA) is 64.5 Å². The molecule has 1 aliphatic heterocycles. The van der Waals surface area contributed by atoms with Gasteiger partial charge in [-0.25, -0.2) is 9.37 Å². The minimum absolute atomic E-state index is 0.180. The monoisotopic (exact) mass is 283 g/mol. The molecule has 0 bridgehead atoms. The van der Waals surface area contributed by atoms with Crippen molar-refractivity contribution in [3.05, 3.63) is 12.0 Å². The summed E-state index contributed by atoms with van der Waals surface area (Å²) in [6.07, 6.45) is 1.77. The molecule has 1 unspecified atom stereocenters. The van der Waals surface area contributed by atoms with Crippen LogP contribution in [0.5, 0.6) is 0 Å². The summed E-state index contributed by atoms with van der Waals surface area (Å²) in [5.41, 5.74) is 0. The van der Waals surface area contributed by atoms with Gasteiger partial charge in [0.25, 0.3) is 0 Å². The van der Waals surface area contributed by atoms with Crippen LogP contribution in [0.1, 0.15) is 13.3 Å². The van der Waals surface area contributed by atoms with Crippen molar-refractivity contribution in [3.8, 4) is 0 Å². The molecule has 0 aromatic carbocycles. The van der Waals surface area contributed by atoms with Gasteiger partial charge in [0.2, 0.25) is 5.95 Å². The third-order valence-electron chi connectivity index (χ3n) is 3.38. The Bertz CT molecular complexity index is 445. The Morgan fingerprint density at radius 2 is 2.25 bits per heavy atom. The van der Waals surface area contributed by atoms with Gasteiger partial charge < -0.3 is 15.3 Å². The van der Waals surface area contributed by atoms with E-state index < -0.39 is 11.9 Å². The molecular formula is C13H22FN5O. The molecule has 0 amide bonds. The van der Waals surface area contributed by atoms with Crippen molar-refractivity contribution in [3.63, 3.8) is 0 Å². The zero-order valence-electron chi connectivity index (χ0n) is 12.0. The molecule has 2 rings (SSSR count). The van der Waals surface area contributed by atoms with Crippen molar-refractivity contribution in [2.45, 2.75) is 19.4 Å². The summed E-state index contributed by atoms with van der Waals surface area (Å²) in [5.74, 6) is 0.159. The van der Waals surface area contributed by atoms with Gasteiger partial charge in [-0.05, 0) is 13.0 Å². The van der Waals surface area contributed by atoms with E-state index >= 15 is 0 Å². The van der Waals surface area contributed by atoms with Crippen LogP contribution in [0.3, 0.4) is 0 Å². The van der Waals surface area contributed by atoms with Crippen molar-refractivity contribution in [1.82, 2.24) is 14.9 Å². The second kappa shape index (κ2) is 6.81. The molecule has 0 aliphatic carbocycles. The molecular weight excluding hydrogens is 261 g/mol. The van der Waals surface area contributed by atoms with E-state index in [-0.39, 0.29) is 5.82 Å². The summed E-state index contributed by atoms with van der Waals surface area (Å²) in [7, 11) is 1.62. The van der Waals surface area contributed by atoms with Gasteiger partial charge in [-0.15, -0.1) is 0 Å². The first-order valence-corrected chi connectivity index (χ1v) is 6.99. The molecule has 1 saturated heterocycles. The third-order valence-corrected chi connectivity index (χ3v) is 3.38. The SMILES string of the molecule is CCCN1CCN(c2ncc(F)c(NC)n2)CC(O)C1. The summed E-state index contributed by atoms with van der Waals surface area (Å²) in [6, 6.07) is 0. The van der Waals surface area contributed by atoms with Crippen LogP contribution in [-0.2, 0) is 0 Å². The summed E-state index contributed by atoms with van der Waals surface area (Å²) >= 11 is 0. The number of hydrogen-bond donors (Lipinski definition) is 2. The predicted molar refractivity (Wildman–Crippen MR) is 76.5 cm³/mol. The Hall–Kier alpha value is -1.47. The van der Waals surface area contributed by atoms with Crippen molar-refractivity contribution >= 4 is 11.8 Å². The van der Waals surface area contributed by atoms with Gasteiger partial charge in [-0.1, -0.05) is 6.92 Å². The minimum atomic E-state index is -0.473. The number of nitrogens with zero attached hydrogens (tertiary/aromatic N) is 4. The van der Waals surface area contributed by atoms with Crippen LogP contribution in [-0.4, -0.2) is 65.8 Å². The van der Waals surface area contributed by atoms with Crippen molar-refractivity contribution in [2.75, 3.05) is 50.0 Å². The van der Waals surface area contributed by atoms with Gasteiger partial charge in [0.1, 0.15) is 0 Å². The average molecular weight is 283 g/mol. The van der Waals surface area contributed by atoms with E-state index in [0.29, 0.717) is 19.0 Å². The molecule has 0 radical (unpaired) electrons. The zero-order chi connectivity index (χ0) is 14.5. The molecule has 2 N–H and O–H groups in total. The van der Waals surface area contributed by atoms with Crippen LogP contribution in [0.15, 0.2) is 6.20 Å². The normalized spacial score (nSPS) is 20.8. The number of hydrogen-bond acceptors (Lipinski definition) is 6. The molecule has 0 spiro atoms. The first-order chi connectivity index (χ1) is 9.63. The van der Waals surface area contributed by atoms with Crippen molar-refractivity contribution in [2.24, 2.45) is 0 Å². The van der Waals surface area contributed by atoms with Gasteiger partial charge in [-0.2, -0.15) is 4.98 Å². The number of halogens is 1. The van der Waals surface area contributed by atoms with E-state index in [9.17, 15) is 9.50 Å². The van der Waals surface area contributed by atoms with Crippen LogP contribution >= 0.6 is 0 Å². The van der Waals surface area contributed by atoms with Gasteiger partial charge in [0.15, 0.2) is 11.6 Å². The van der Waals surface area contributed by atoms with Crippen LogP contribution in [0, 0.1) is 5.82 Å². The quantitative estimate of drug-likeness (QED) is 0.841. The molecule has 20 heavy (non-hydrogen) atoms. The molecule has 1 atom stereocenters. The van der Waals surface area contributed by atoms with Crippen LogP contribution < -0.4 is 10.2 Å². The maximum absolute atomic E-state index is 13.4. The first-order valence-electron chi connectivity index (χ1n) is 6.99. The molecule has 1 aromatic rings. The summed E-state index contributed by atoms with van der Waals surface area (Å²) in [4.78, 5) is 12.3. The molecule has 7 heteroatoms. The largest absolute Gasteiger partial charge is 0.390 e. The Labute approximate surface area is 118 Å².